The fraction of sp³-hybridized carbons (Fsp3) is 0.154. The normalized spacial score (nSPS) is 10.4. The van der Waals surface area contributed by atoms with Crippen molar-refractivity contribution >= 4 is 27.7 Å². The van der Waals surface area contributed by atoms with E-state index in [1.54, 1.807) is 0 Å². The van der Waals surface area contributed by atoms with Crippen molar-refractivity contribution in [1.29, 1.82) is 0 Å². The van der Waals surface area contributed by atoms with Gasteiger partial charge in [0.25, 0.3) is 0 Å². The van der Waals surface area contributed by atoms with Crippen LogP contribution in [0.1, 0.15) is 11.1 Å². The average molecular weight is 294 g/mol. The van der Waals surface area contributed by atoms with Gasteiger partial charge in [-0.1, -0.05) is 24.3 Å². The largest absolute Gasteiger partial charge is 0.263 e. The smallest absolute Gasteiger partial charge is 0.0494 e. The highest BCUT2D eigenvalue weighted by Gasteiger charge is 2.02. The van der Waals surface area contributed by atoms with E-state index in [1.165, 1.54) is 16.0 Å². The molecule has 1 aromatic carbocycles. The standard InChI is InChI=1S/C13H12BrNS/c1-10-4-2-3-5-11(10)9-16-13-6-7-15-8-12(13)14/h2-8H,9H2,1H3. The van der Waals surface area contributed by atoms with E-state index in [4.69, 9.17) is 0 Å². The summed E-state index contributed by atoms with van der Waals surface area (Å²) >= 11 is 5.33. The molecule has 0 aliphatic rings. The number of hydrogen-bond acceptors (Lipinski definition) is 2. The Morgan fingerprint density at radius 1 is 1.25 bits per heavy atom. The number of pyridine rings is 1. The summed E-state index contributed by atoms with van der Waals surface area (Å²) in [4.78, 5) is 5.29. The molecule has 2 aromatic rings. The van der Waals surface area contributed by atoms with Gasteiger partial charge in [-0.25, -0.2) is 0 Å². The van der Waals surface area contributed by atoms with Crippen molar-refractivity contribution in [3.05, 3.63) is 58.3 Å². The van der Waals surface area contributed by atoms with Gasteiger partial charge in [-0.15, -0.1) is 11.8 Å². The van der Waals surface area contributed by atoms with Gasteiger partial charge < -0.3 is 0 Å². The van der Waals surface area contributed by atoms with Gasteiger partial charge >= 0.3 is 0 Å². The highest BCUT2D eigenvalue weighted by molar-refractivity contribution is 9.10. The number of hydrogen-bond donors (Lipinski definition) is 0. The zero-order valence-electron chi connectivity index (χ0n) is 8.98. The maximum atomic E-state index is 4.06. The number of benzene rings is 1. The Hall–Kier alpha value is -0.800. The van der Waals surface area contributed by atoms with Gasteiger partial charge in [0.05, 0.1) is 0 Å². The Balaban J connectivity index is 2.09. The lowest BCUT2D eigenvalue weighted by Gasteiger charge is -2.06. The summed E-state index contributed by atoms with van der Waals surface area (Å²) in [7, 11) is 0. The first kappa shape index (κ1) is 11.7. The van der Waals surface area contributed by atoms with Gasteiger partial charge in [-0.05, 0) is 40.0 Å². The molecule has 3 heteroatoms. The Bertz CT molecular complexity index is 439. The number of thioether (sulfide) groups is 1. The van der Waals surface area contributed by atoms with Crippen LogP contribution in [0, 0.1) is 6.92 Å². The molecule has 0 saturated carbocycles. The lowest BCUT2D eigenvalue weighted by molar-refractivity contribution is 1.22. The first-order valence-electron chi connectivity index (χ1n) is 5.04. The Morgan fingerprint density at radius 3 is 2.81 bits per heavy atom. The van der Waals surface area contributed by atoms with Gasteiger partial charge in [0, 0.05) is 27.5 Å². The highest BCUT2D eigenvalue weighted by atomic mass is 79.9. The molecule has 0 bridgehead atoms. The fourth-order valence-electron chi connectivity index (χ4n) is 1.41. The summed E-state index contributed by atoms with van der Waals surface area (Å²) in [6.45, 7) is 2.15. The summed E-state index contributed by atoms with van der Waals surface area (Å²) in [5.41, 5.74) is 2.73. The third-order valence-electron chi connectivity index (χ3n) is 2.38. The van der Waals surface area contributed by atoms with Gasteiger partial charge in [0.15, 0.2) is 0 Å². The zero-order chi connectivity index (χ0) is 11.4. The summed E-state index contributed by atoms with van der Waals surface area (Å²) in [5.74, 6) is 0.995. The molecule has 0 atom stereocenters. The van der Waals surface area contributed by atoms with Crippen LogP contribution in [0.5, 0.6) is 0 Å². The molecule has 0 aliphatic heterocycles. The summed E-state index contributed by atoms with van der Waals surface area (Å²) in [6.07, 6.45) is 3.66. The fourth-order valence-corrected chi connectivity index (χ4v) is 2.98. The minimum atomic E-state index is 0.995. The maximum absolute atomic E-state index is 4.06. The summed E-state index contributed by atoms with van der Waals surface area (Å²) < 4.78 is 1.06. The molecule has 0 aliphatic carbocycles. The van der Waals surface area contributed by atoms with Crippen molar-refractivity contribution in [2.24, 2.45) is 0 Å². The van der Waals surface area contributed by atoms with Crippen molar-refractivity contribution in [3.8, 4) is 0 Å². The predicted octanol–water partition coefficient (Wildman–Crippen LogP) is 4.44. The molecular formula is C13H12BrNS. The van der Waals surface area contributed by atoms with E-state index >= 15 is 0 Å². The maximum Gasteiger partial charge on any atom is 0.0494 e. The third-order valence-corrected chi connectivity index (χ3v) is 4.40. The highest BCUT2D eigenvalue weighted by Crippen LogP contribution is 2.29. The van der Waals surface area contributed by atoms with Crippen LogP contribution in [0.15, 0.2) is 52.1 Å². The van der Waals surface area contributed by atoms with Crippen molar-refractivity contribution < 1.29 is 0 Å². The lowest BCUT2D eigenvalue weighted by atomic mass is 10.1. The van der Waals surface area contributed by atoms with Crippen LogP contribution in [0.25, 0.3) is 0 Å². The molecule has 0 spiro atoms. The molecule has 0 N–H and O–H groups in total. The van der Waals surface area contributed by atoms with E-state index in [0.717, 1.165) is 10.2 Å². The molecule has 0 amide bonds. The molecule has 1 heterocycles. The molecule has 2 rings (SSSR count). The van der Waals surface area contributed by atoms with Gasteiger partial charge in [0.1, 0.15) is 0 Å². The second-order valence-corrected chi connectivity index (χ2v) is 5.39. The van der Waals surface area contributed by atoms with E-state index in [1.807, 2.05) is 30.2 Å². The van der Waals surface area contributed by atoms with Crippen LogP contribution in [-0.2, 0) is 5.75 Å². The number of aryl methyl sites for hydroxylation is 1. The van der Waals surface area contributed by atoms with Crippen LogP contribution in [-0.4, -0.2) is 4.98 Å². The van der Waals surface area contributed by atoms with Crippen LogP contribution in [0.4, 0.5) is 0 Å². The van der Waals surface area contributed by atoms with Crippen molar-refractivity contribution in [2.75, 3.05) is 0 Å². The molecular weight excluding hydrogens is 282 g/mol. The number of halogens is 1. The SMILES string of the molecule is Cc1ccccc1CSc1ccncc1Br. The van der Waals surface area contributed by atoms with E-state index in [2.05, 4.69) is 52.1 Å². The van der Waals surface area contributed by atoms with Crippen molar-refractivity contribution in [3.63, 3.8) is 0 Å². The average Bonchev–Trinajstić information content (AvgIpc) is 2.30. The van der Waals surface area contributed by atoms with Gasteiger partial charge in [-0.3, -0.25) is 4.98 Å². The first-order chi connectivity index (χ1) is 7.77. The topological polar surface area (TPSA) is 12.9 Å². The molecule has 0 radical (unpaired) electrons. The molecule has 1 aromatic heterocycles. The van der Waals surface area contributed by atoms with Gasteiger partial charge in [-0.2, -0.15) is 0 Å². The van der Waals surface area contributed by atoms with Crippen LogP contribution in [0.2, 0.25) is 0 Å². The third kappa shape index (κ3) is 2.86. The van der Waals surface area contributed by atoms with Crippen molar-refractivity contribution in [1.82, 2.24) is 4.98 Å². The van der Waals surface area contributed by atoms with Crippen molar-refractivity contribution in [2.45, 2.75) is 17.6 Å². The number of rotatable bonds is 3. The Morgan fingerprint density at radius 2 is 2.06 bits per heavy atom. The molecule has 1 nitrogen and oxygen atoms in total. The minimum absolute atomic E-state index is 0.995. The molecule has 16 heavy (non-hydrogen) atoms. The first-order valence-corrected chi connectivity index (χ1v) is 6.82. The minimum Gasteiger partial charge on any atom is -0.263 e. The second-order valence-electron chi connectivity index (χ2n) is 3.52. The number of nitrogens with zero attached hydrogens (tertiary/aromatic N) is 1. The Labute approximate surface area is 108 Å². The van der Waals surface area contributed by atoms with E-state index < -0.39 is 0 Å². The molecule has 0 saturated heterocycles. The zero-order valence-corrected chi connectivity index (χ0v) is 11.4. The number of aromatic nitrogens is 1. The summed E-state index contributed by atoms with van der Waals surface area (Å²) in [6, 6.07) is 10.5. The lowest BCUT2D eigenvalue weighted by Crippen LogP contribution is -1.86. The van der Waals surface area contributed by atoms with E-state index in [-0.39, 0.29) is 0 Å². The predicted molar refractivity (Wildman–Crippen MR) is 72.7 cm³/mol. The molecule has 0 fully saturated rings. The summed E-state index contributed by atoms with van der Waals surface area (Å²) in [5, 5.41) is 0. The van der Waals surface area contributed by atoms with Crippen LogP contribution in [0.3, 0.4) is 0 Å². The molecule has 82 valence electrons. The van der Waals surface area contributed by atoms with Crippen LogP contribution >= 0.6 is 27.7 Å². The molecule has 0 unspecified atom stereocenters. The van der Waals surface area contributed by atoms with E-state index in [9.17, 15) is 0 Å². The van der Waals surface area contributed by atoms with Gasteiger partial charge in [0.2, 0.25) is 0 Å². The van der Waals surface area contributed by atoms with Crippen LogP contribution < -0.4 is 0 Å². The second kappa shape index (κ2) is 5.51. The quantitative estimate of drug-likeness (QED) is 0.776. The monoisotopic (exact) mass is 293 g/mol. The van der Waals surface area contributed by atoms with E-state index in [0.29, 0.717) is 0 Å². The Kier molecular flexibility index (Phi) is 4.02.